The maximum Gasteiger partial charge on any atom is 0.116 e. The molecule has 1 saturated carbocycles. The van der Waals surface area contributed by atoms with Crippen LogP contribution in [-0.4, -0.2) is 95.0 Å². The zero-order chi connectivity index (χ0) is 25.6. The van der Waals surface area contributed by atoms with Gasteiger partial charge in [-0.05, 0) is 12.1 Å². The average Bonchev–Trinajstić information content (AvgIpc) is 2.98. The van der Waals surface area contributed by atoms with Crippen LogP contribution < -0.4 is 9.80 Å². The van der Waals surface area contributed by atoms with E-state index in [9.17, 15) is 10.2 Å². The third kappa shape index (κ3) is 3.79. The Morgan fingerprint density at radius 1 is 0.605 bits per heavy atom. The molecule has 4 heterocycles. The molecule has 0 unspecified atom stereocenters. The number of rotatable bonds is 4. The van der Waals surface area contributed by atoms with E-state index in [2.05, 4.69) is 41.9 Å². The molecule has 10 nitrogen and oxygen atoms in total. The van der Waals surface area contributed by atoms with Crippen molar-refractivity contribution >= 4 is 33.2 Å². The van der Waals surface area contributed by atoms with E-state index >= 15 is 0 Å². The van der Waals surface area contributed by atoms with Gasteiger partial charge in [0.25, 0.3) is 0 Å². The monoisotopic (exact) mass is 514 g/mol. The van der Waals surface area contributed by atoms with Crippen LogP contribution in [0.3, 0.4) is 0 Å². The van der Waals surface area contributed by atoms with Gasteiger partial charge in [-0.25, -0.2) is 19.9 Å². The van der Waals surface area contributed by atoms with E-state index in [0.717, 1.165) is 59.4 Å². The molecular weight excluding hydrogens is 484 g/mol. The lowest BCUT2D eigenvalue weighted by Crippen LogP contribution is -2.52. The first-order valence-corrected chi connectivity index (χ1v) is 13.2. The molecule has 2 N–H and O–H groups in total. The molecule has 0 amide bonds. The summed E-state index contributed by atoms with van der Waals surface area (Å²) >= 11 is 0. The Kier molecular flexibility index (Phi) is 6.04. The van der Waals surface area contributed by atoms with Gasteiger partial charge in [0.15, 0.2) is 0 Å². The fourth-order valence-corrected chi connectivity index (χ4v) is 6.19. The van der Waals surface area contributed by atoms with Crippen LogP contribution in [0.15, 0.2) is 49.1 Å². The van der Waals surface area contributed by atoms with E-state index in [-0.39, 0.29) is 0 Å². The summed E-state index contributed by atoms with van der Waals surface area (Å²) in [5.41, 5.74) is 5.01. The number of aliphatic hydroxyl groups excluding tert-OH is 2. The third-order valence-corrected chi connectivity index (χ3v) is 8.16. The Hall–Kier alpha value is -3.44. The standard InChI is InChI=1S/C28H30N6O4/c35-27-21(25-17-3-1-5-19(23(17)29-15-31-25)33-7-11-37-12-8-33)28(36)22(27)26-18-4-2-6-20(24(18)30-16-32-26)34-9-13-38-14-10-34/h1-6,15-16,21-22,27-28,35-36H,7-14H2. The minimum Gasteiger partial charge on any atom is -0.392 e. The summed E-state index contributed by atoms with van der Waals surface area (Å²) < 4.78 is 11.0. The van der Waals surface area contributed by atoms with Gasteiger partial charge >= 0.3 is 0 Å². The van der Waals surface area contributed by atoms with Gasteiger partial charge in [-0.3, -0.25) is 0 Å². The van der Waals surface area contributed by atoms with Crippen LogP contribution in [0.1, 0.15) is 23.2 Å². The highest BCUT2D eigenvalue weighted by Gasteiger charge is 2.53. The van der Waals surface area contributed by atoms with E-state index in [1.807, 2.05) is 24.3 Å². The lowest BCUT2D eigenvalue weighted by atomic mass is 9.65. The van der Waals surface area contributed by atoms with Crippen LogP contribution >= 0.6 is 0 Å². The molecule has 2 aromatic heterocycles. The molecule has 4 aromatic rings. The van der Waals surface area contributed by atoms with Crippen LogP contribution in [0.25, 0.3) is 21.8 Å². The summed E-state index contributed by atoms with van der Waals surface area (Å²) in [4.78, 5) is 22.8. The summed E-state index contributed by atoms with van der Waals surface area (Å²) in [6, 6.07) is 12.0. The number of aliphatic hydroxyl groups is 2. The highest BCUT2D eigenvalue weighted by molar-refractivity contribution is 5.94. The van der Waals surface area contributed by atoms with Gasteiger partial charge < -0.3 is 29.5 Å². The zero-order valence-electron chi connectivity index (χ0n) is 21.0. The van der Waals surface area contributed by atoms with Gasteiger partial charge in [0, 0.05) is 37.0 Å². The first-order chi connectivity index (χ1) is 18.7. The predicted molar refractivity (Wildman–Crippen MR) is 143 cm³/mol. The number of hydrogen-bond donors (Lipinski definition) is 2. The number of aromatic nitrogens is 4. The first kappa shape index (κ1) is 23.7. The minimum absolute atomic E-state index is 0.544. The van der Waals surface area contributed by atoms with E-state index in [1.165, 1.54) is 12.7 Å². The summed E-state index contributed by atoms with van der Waals surface area (Å²) in [6.07, 6.45) is 1.37. The zero-order valence-corrected chi connectivity index (χ0v) is 21.0. The maximum atomic E-state index is 11.5. The number of para-hydroxylation sites is 2. The van der Waals surface area contributed by atoms with Crippen molar-refractivity contribution in [2.75, 3.05) is 62.4 Å². The van der Waals surface area contributed by atoms with Gasteiger partial charge in [-0.15, -0.1) is 0 Å². The number of ether oxygens (including phenoxy) is 2. The molecule has 0 spiro atoms. The van der Waals surface area contributed by atoms with E-state index in [0.29, 0.717) is 37.8 Å². The molecule has 7 rings (SSSR count). The molecule has 196 valence electrons. The van der Waals surface area contributed by atoms with Gasteiger partial charge in [-0.1, -0.05) is 24.3 Å². The lowest BCUT2D eigenvalue weighted by molar-refractivity contribution is -0.0803. The van der Waals surface area contributed by atoms with Crippen LogP contribution in [0, 0.1) is 0 Å². The number of nitrogens with zero attached hydrogens (tertiary/aromatic N) is 6. The molecule has 2 saturated heterocycles. The molecule has 3 fully saturated rings. The van der Waals surface area contributed by atoms with Gasteiger partial charge in [0.2, 0.25) is 0 Å². The molecule has 38 heavy (non-hydrogen) atoms. The molecule has 0 bridgehead atoms. The van der Waals surface area contributed by atoms with Crippen molar-refractivity contribution < 1.29 is 19.7 Å². The minimum atomic E-state index is -0.847. The Morgan fingerprint density at radius 3 is 1.45 bits per heavy atom. The Bertz CT molecular complexity index is 1350. The molecule has 2 aromatic carbocycles. The largest absolute Gasteiger partial charge is 0.392 e. The van der Waals surface area contributed by atoms with E-state index < -0.39 is 24.0 Å². The topological polar surface area (TPSA) is 117 Å². The van der Waals surface area contributed by atoms with Crippen molar-refractivity contribution in [3.63, 3.8) is 0 Å². The van der Waals surface area contributed by atoms with Gasteiger partial charge in [-0.2, -0.15) is 0 Å². The maximum absolute atomic E-state index is 11.5. The summed E-state index contributed by atoms with van der Waals surface area (Å²) in [7, 11) is 0. The molecule has 0 radical (unpaired) electrons. The second-order valence-electron chi connectivity index (χ2n) is 10.1. The molecule has 10 heteroatoms. The van der Waals surface area contributed by atoms with Gasteiger partial charge in [0.05, 0.1) is 84.3 Å². The molecule has 0 atom stereocenters. The number of anilines is 2. The number of benzene rings is 2. The fraction of sp³-hybridized carbons (Fsp3) is 0.429. The van der Waals surface area contributed by atoms with Crippen molar-refractivity contribution in [1.29, 1.82) is 0 Å². The normalized spacial score (nSPS) is 26.1. The summed E-state index contributed by atoms with van der Waals surface area (Å²) in [5.74, 6) is -1.09. The fourth-order valence-electron chi connectivity index (χ4n) is 6.19. The number of hydrogen-bond acceptors (Lipinski definition) is 10. The second kappa shape index (κ2) is 9.70. The van der Waals surface area contributed by atoms with Crippen molar-refractivity contribution in [2.45, 2.75) is 24.0 Å². The van der Waals surface area contributed by atoms with E-state index in [4.69, 9.17) is 9.47 Å². The van der Waals surface area contributed by atoms with Crippen molar-refractivity contribution in [3.05, 3.63) is 60.4 Å². The molecule has 1 aliphatic carbocycles. The van der Waals surface area contributed by atoms with Crippen molar-refractivity contribution in [3.8, 4) is 0 Å². The highest BCUT2D eigenvalue weighted by Crippen LogP contribution is 2.50. The van der Waals surface area contributed by atoms with Crippen LogP contribution in [-0.2, 0) is 9.47 Å². The molecule has 2 aliphatic heterocycles. The number of fused-ring (bicyclic) bond motifs is 2. The van der Waals surface area contributed by atoms with Crippen molar-refractivity contribution in [2.24, 2.45) is 0 Å². The van der Waals surface area contributed by atoms with E-state index in [1.54, 1.807) is 0 Å². The lowest BCUT2D eigenvalue weighted by Gasteiger charge is -2.46. The third-order valence-electron chi connectivity index (χ3n) is 8.16. The molecular formula is C28H30N6O4. The van der Waals surface area contributed by atoms with Crippen molar-refractivity contribution in [1.82, 2.24) is 19.9 Å². The first-order valence-electron chi connectivity index (χ1n) is 13.2. The molecule has 3 aliphatic rings. The Balaban J connectivity index is 1.23. The SMILES string of the molecule is OC1C(c2ncnc3c(N4CCOCC4)cccc23)C(O)C1c1ncnc2c(N3CCOCC3)cccc12. The highest BCUT2D eigenvalue weighted by atomic mass is 16.5. The summed E-state index contributed by atoms with van der Waals surface area (Å²) in [6.45, 7) is 5.88. The number of morpholine rings is 2. The summed E-state index contributed by atoms with van der Waals surface area (Å²) in [5, 5.41) is 24.6. The van der Waals surface area contributed by atoms with Crippen LogP contribution in [0.5, 0.6) is 0 Å². The Morgan fingerprint density at radius 2 is 1.03 bits per heavy atom. The average molecular weight is 515 g/mol. The Labute approximate surface area is 219 Å². The smallest absolute Gasteiger partial charge is 0.116 e. The van der Waals surface area contributed by atoms with Crippen LogP contribution in [0.2, 0.25) is 0 Å². The predicted octanol–water partition coefficient (Wildman–Crippen LogP) is 1.85. The quantitative estimate of drug-likeness (QED) is 0.418. The van der Waals surface area contributed by atoms with Gasteiger partial charge in [0.1, 0.15) is 12.7 Å². The second-order valence-corrected chi connectivity index (χ2v) is 10.1. The van der Waals surface area contributed by atoms with Crippen LogP contribution in [0.4, 0.5) is 11.4 Å².